The van der Waals surface area contributed by atoms with Crippen molar-refractivity contribution in [2.24, 2.45) is 0 Å². The van der Waals surface area contributed by atoms with Gasteiger partial charge in [0.1, 0.15) is 27.1 Å². The number of thiophene rings is 1. The van der Waals surface area contributed by atoms with Crippen molar-refractivity contribution in [1.29, 1.82) is 0 Å². The van der Waals surface area contributed by atoms with Crippen LogP contribution in [0.3, 0.4) is 0 Å². The number of rotatable bonds is 2. The first-order chi connectivity index (χ1) is 22.1. The number of halogens is 1. The molecule has 1 saturated heterocycles. The molecule has 4 aromatic rings. The Morgan fingerprint density at radius 2 is 1.64 bits per heavy atom. The van der Waals surface area contributed by atoms with Crippen molar-refractivity contribution in [2.45, 2.75) is 65.7 Å². The van der Waals surface area contributed by atoms with Crippen LogP contribution in [0.5, 0.6) is 0 Å². The lowest BCUT2D eigenvalue weighted by molar-refractivity contribution is 0.0182. The van der Waals surface area contributed by atoms with Gasteiger partial charge in [-0.15, -0.1) is 11.3 Å². The summed E-state index contributed by atoms with van der Waals surface area (Å²) in [5.41, 5.74) is 0.946. The Kier molecular flexibility index (Phi) is 8.56. The quantitative estimate of drug-likeness (QED) is 0.198. The Hall–Kier alpha value is -4.00. The highest BCUT2D eigenvalue weighted by atomic mass is 35.5. The van der Waals surface area contributed by atoms with Crippen LogP contribution < -0.4 is 9.80 Å². The summed E-state index contributed by atoms with van der Waals surface area (Å²) in [6, 6.07) is 10.7. The van der Waals surface area contributed by atoms with Crippen LogP contribution in [0.1, 0.15) is 58.1 Å². The second-order valence-electron chi connectivity index (χ2n) is 13.7. The second kappa shape index (κ2) is 12.2. The Balaban J connectivity index is 1.50. The number of pyridine rings is 2. The molecule has 248 valence electrons. The molecule has 13 heteroatoms. The normalized spacial score (nSPS) is 17.6. The fourth-order valence-corrected chi connectivity index (χ4v) is 7.10. The standard InChI is InChI=1S/C34H38ClN5O6S/c1-19-18-39(31(42)45-33(2,3)4)28-27-21-8-9-22(20-16-25(35)37-26(17-20)38-12-14-44-15-13-38)36-23(21)10-11-24(27)47-29(28)30(41)40(19)32(43)46-34(5,6)7/h8-11,16-17,19H,12-15,18H2,1-7H3/t19-/m1/s1. The van der Waals surface area contributed by atoms with Crippen molar-refractivity contribution < 1.29 is 28.6 Å². The first kappa shape index (κ1) is 32.9. The minimum absolute atomic E-state index is 0.0143. The van der Waals surface area contributed by atoms with Crippen molar-refractivity contribution in [3.05, 3.63) is 46.4 Å². The number of hydrogen-bond donors (Lipinski definition) is 0. The molecule has 0 spiro atoms. The van der Waals surface area contributed by atoms with E-state index in [1.165, 1.54) is 16.2 Å². The lowest BCUT2D eigenvalue weighted by Gasteiger charge is -2.31. The van der Waals surface area contributed by atoms with Gasteiger partial charge in [0, 0.05) is 34.1 Å². The molecule has 0 aliphatic carbocycles. The highest BCUT2D eigenvalue weighted by Crippen LogP contribution is 2.45. The summed E-state index contributed by atoms with van der Waals surface area (Å²) in [6.07, 6.45) is -1.39. The molecule has 5 heterocycles. The molecule has 11 nitrogen and oxygen atoms in total. The maximum absolute atomic E-state index is 14.2. The molecule has 47 heavy (non-hydrogen) atoms. The average molecular weight is 680 g/mol. The van der Waals surface area contributed by atoms with Crippen LogP contribution in [0, 0.1) is 0 Å². The van der Waals surface area contributed by atoms with Gasteiger partial charge in [0.15, 0.2) is 0 Å². The first-order valence-electron chi connectivity index (χ1n) is 15.5. The van der Waals surface area contributed by atoms with Gasteiger partial charge in [-0.3, -0.25) is 9.69 Å². The van der Waals surface area contributed by atoms with Gasteiger partial charge >= 0.3 is 12.2 Å². The molecular formula is C34H38ClN5O6S. The molecular weight excluding hydrogens is 642 g/mol. The van der Waals surface area contributed by atoms with Crippen LogP contribution in [0.2, 0.25) is 5.15 Å². The van der Waals surface area contributed by atoms with Crippen molar-refractivity contribution in [3.8, 4) is 11.3 Å². The van der Waals surface area contributed by atoms with Crippen molar-refractivity contribution in [1.82, 2.24) is 14.9 Å². The molecule has 0 N–H and O–H groups in total. The van der Waals surface area contributed by atoms with E-state index < -0.39 is 35.3 Å². The zero-order chi connectivity index (χ0) is 33.8. The number of amides is 3. The lowest BCUT2D eigenvalue weighted by Crippen LogP contribution is -2.49. The van der Waals surface area contributed by atoms with Crippen LogP contribution in [0.25, 0.3) is 32.2 Å². The minimum Gasteiger partial charge on any atom is -0.443 e. The third kappa shape index (κ3) is 6.72. The molecule has 0 radical (unpaired) electrons. The number of fused-ring (bicyclic) bond motifs is 5. The summed E-state index contributed by atoms with van der Waals surface area (Å²) in [6.45, 7) is 15.0. The Morgan fingerprint density at radius 3 is 2.32 bits per heavy atom. The van der Waals surface area contributed by atoms with Gasteiger partial charge in [0.05, 0.1) is 42.7 Å². The van der Waals surface area contributed by atoms with Gasteiger partial charge < -0.3 is 19.1 Å². The van der Waals surface area contributed by atoms with E-state index in [4.69, 9.17) is 30.8 Å². The summed E-state index contributed by atoms with van der Waals surface area (Å²) in [4.78, 5) is 55.8. The van der Waals surface area contributed by atoms with Crippen molar-refractivity contribution in [2.75, 3.05) is 42.6 Å². The number of anilines is 2. The van der Waals surface area contributed by atoms with E-state index in [2.05, 4.69) is 9.88 Å². The van der Waals surface area contributed by atoms with E-state index >= 15 is 0 Å². The largest absolute Gasteiger partial charge is 0.443 e. The maximum Gasteiger partial charge on any atom is 0.417 e. The Bertz CT molecular complexity index is 1890. The third-order valence-electron chi connectivity index (χ3n) is 7.68. The average Bonchev–Trinajstić information content (AvgIpc) is 3.33. The van der Waals surface area contributed by atoms with Gasteiger partial charge in [-0.1, -0.05) is 11.6 Å². The summed E-state index contributed by atoms with van der Waals surface area (Å²) in [5, 5.41) is 1.79. The number of ether oxygens (including phenoxy) is 3. The number of morpholine rings is 1. The highest BCUT2D eigenvalue weighted by molar-refractivity contribution is 7.21. The number of aromatic nitrogens is 2. The molecule has 0 unspecified atom stereocenters. The Morgan fingerprint density at radius 1 is 0.957 bits per heavy atom. The van der Waals surface area contributed by atoms with Crippen LogP contribution in [0.15, 0.2) is 36.4 Å². The van der Waals surface area contributed by atoms with E-state index in [0.717, 1.165) is 39.5 Å². The van der Waals surface area contributed by atoms with Crippen molar-refractivity contribution >= 4 is 73.5 Å². The topological polar surface area (TPSA) is 114 Å². The molecule has 2 aliphatic heterocycles. The fraction of sp³-hybridized carbons (Fsp3) is 0.441. The molecule has 1 atom stereocenters. The summed E-state index contributed by atoms with van der Waals surface area (Å²) < 4.78 is 17.7. The third-order valence-corrected chi connectivity index (χ3v) is 9.01. The molecule has 0 saturated carbocycles. The first-order valence-corrected chi connectivity index (χ1v) is 16.7. The van der Waals surface area contributed by atoms with E-state index in [1.54, 1.807) is 54.5 Å². The van der Waals surface area contributed by atoms with Gasteiger partial charge in [-0.25, -0.2) is 24.5 Å². The SMILES string of the molecule is C[C@@H]1CN(C(=O)OC(C)(C)C)c2c(sc3ccc4nc(-c5cc(Cl)nc(N6CCOCC6)c5)ccc4c23)C(=O)N1C(=O)OC(C)(C)C. The van der Waals surface area contributed by atoms with Gasteiger partial charge in [0.2, 0.25) is 0 Å². The fourth-order valence-electron chi connectivity index (χ4n) is 5.74. The summed E-state index contributed by atoms with van der Waals surface area (Å²) in [5.74, 6) is 0.222. The number of nitrogens with zero attached hydrogens (tertiary/aromatic N) is 5. The zero-order valence-corrected chi connectivity index (χ0v) is 29.1. The molecule has 3 amide bonds. The van der Waals surface area contributed by atoms with E-state index in [-0.39, 0.29) is 11.4 Å². The van der Waals surface area contributed by atoms with E-state index in [0.29, 0.717) is 40.7 Å². The van der Waals surface area contributed by atoms with Crippen molar-refractivity contribution in [3.63, 3.8) is 0 Å². The summed E-state index contributed by atoms with van der Waals surface area (Å²) >= 11 is 7.69. The monoisotopic (exact) mass is 679 g/mol. The smallest absolute Gasteiger partial charge is 0.417 e. The number of hydrogen-bond acceptors (Lipinski definition) is 10. The van der Waals surface area contributed by atoms with E-state index in [9.17, 15) is 14.4 Å². The zero-order valence-electron chi connectivity index (χ0n) is 27.5. The number of carbonyl (C=O) groups excluding carboxylic acids is 3. The molecule has 0 bridgehead atoms. The van der Waals surface area contributed by atoms with Gasteiger partial charge in [-0.2, -0.15) is 0 Å². The summed E-state index contributed by atoms with van der Waals surface area (Å²) in [7, 11) is 0. The number of imide groups is 1. The van der Waals surface area contributed by atoms with Crippen LogP contribution in [-0.4, -0.2) is 83.1 Å². The van der Waals surface area contributed by atoms with Crippen LogP contribution in [0.4, 0.5) is 21.1 Å². The Labute approximate surface area is 282 Å². The second-order valence-corrected chi connectivity index (χ2v) is 15.2. The van der Waals surface area contributed by atoms with E-state index in [1.807, 2.05) is 30.3 Å². The molecule has 3 aromatic heterocycles. The molecule has 2 aliphatic rings. The number of benzene rings is 1. The highest BCUT2D eigenvalue weighted by Gasteiger charge is 2.42. The predicted molar refractivity (Wildman–Crippen MR) is 184 cm³/mol. The lowest BCUT2D eigenvalue weighted by atomic mass is 10.1. The molecule has 1 fully saturated rings. The number of carbonyl (C=O) groups is 3. The van der Waals surface area contributed by atoms with Gasteiger partial charge in [-0.05, 0) is 84.9 Å². The predicted octanol–water partition coefficient (Wildman–Crippen LogP) is 7.52. The van der Waals surface area contributed by atoms with Crippen LogP contribution in [-0.2, 0) is 14.2 Å². The molecule has 6 rings (SSSR count). The van der Waals surface area contributed by atoms with Crippen LogP contribution >= 0.6 is 22.9 Å². The maximum atomic E-state index is 14.2. The molecule has 1 aromatic carbocycles. The minimum atomic E-state index is -0.821. The van der Waals surface area contributed by atoms with Gasteiger partial charge in [0.25, 0.3) is 5.91 Å².